The van der Waals surface area contributed by atoms with Crippen LogP contribution in [0.3, 0.4) is 0 Å². The molecule has 2 saturated carbocycles. The molecule has 2 aliphatic rings. The van der Waals surface area contributed by atoms with Crippen LogP contribution in [0.15, 0.2) is 11.2 Å². The lowest BCUT2D eigenvalue weighted by molar-refractivity contribution is 0.301. The van der Waals surface area contributed by atoms with E-state index < -0.39 is 0 Å². The number of aromatic nitrogens is 2. The molecule has 2 fully saturated rings. The smallest absolute Gasteiger partial charge is 0.188 e. The highest BCUT2D eigenvalue weighted by molar-refractivity contribution is 7.99. The first kappa shape index (κ1) is 14.8. The fourth-order valence-corrected chi connectivity index (χ4v) is 4.45. The second-order valence-corrected chi connectivity index (χ2v) is 7.65. The number of thioether (sulfide) groups is 1. The average Bonchev–Trinajstić information content (AvgIpc) is 3.21. The summed E-state index contributed by atoms with van der Waals surface area (Å²) < 4.78 is 0. The van der Waals surface area contributed by atoms with Crippen LogP contribution in [0, 0.1) is 25.2 Å². The molecule has 112 valence electrons. The number of nitriles is 1. The maximum absolute atomic E-state index is 9.64. The molecule has 1 aromatic heterocycles. The number of nitrogens with one attached hydrogen (secondary N) is 1. The first-order chi connectivity index (χ1) is 10.1. The molecule has 4 nitrogen and oxygen atoms in total. The van der Waals surface area contributed by atoms with Gasteiger partial charge in [-0.2, -0.15) is 5.26 Å². The Morgan fingerprint density at radius 1 is 1.29 bits per heavy atom. The van der Waals surface area contributed by atoms with E-state index in [9.17, 15) is 5.26 Å². The minimum atomic E-state index is -0.323. The first-order valence-corrected chi connectivity index (χ1v) is 8.64. The molecule has 3 rings (SSSR count). The molecule has 0 aliphatic heterocycles. The normalized spacial score (nSPS) is 29.1. The third kappa shape index (κ3) is 3.75. The second-order valence-electron chi connectivity index (χ2n) is 6.38. The zero-order valence-corrected chi connectivity index (χ0v) is 13.5. The lowest BCUT2D eigenvalue weighted by Gasteiger charge is -2.36. The van der Waals surface area contributed by atoms with Crippen molar-refractivity contribution in [3.8, 4) is 6.07 Å². The van der Waals surface area contributed by atoms with Gasteiger partial charge in [0.25, 0.3) is 0 Å². The van der Waals surface area contributed by atoms with Gasteiger partial charge in [0.15, 0.2) is 5.16 Å². The van der Waals surface area contributed by atoms with E-state index in [4.69, 9.17) is 0 Å². The standard InChI is InChI=1S/C16H22N4S/c1-11-8-12(2)19-15(18-11)21-14-4-3-7-16(9-14,10-17)20-13-5-6-13/h8,13-14,20H,3-7,9H2,1-2H3. The topological polar surface area (TPSA) is 61.6 Å². The van der Waals surface area contributed by atoms with Crippen LogP contribution in [-0.2, 0) is 0 Å². The fraction of sp³-hybridized carbons (Fsp3) is 0.688. The van der Waals surface area contributed by atoms with Crippen LogP contribution in [0.25, 0.3) is 0 Å². The van der Waals surface area contributed by atoms with Crippen molar-refractivity contribution in [1.82, 2.24) is 15.3 Å². The zero-order valence-electron chi connectivity index (χ0n) is 12.7. The summed E-state index contributed by atoms with van der Waals surface area (Å²) in [6.07, 6.45) is 6.58. The van der Waals surface area contributed by atoms with Crippen molar-refractivity contribution in [3.63, 3.8) is 0 Å². The second kappa shape index (κ2) is 5.94. The van der Waals surface area contributed by atoms with E-state index in [1.807, 2.05) is 19.9 Å². The lowest BCUT2D eigenvalue weighted by atomic mass is 9.82. The molecule has 21 heavy (non-hydrogen) atoms. The summed E-state index contributed by atoms with van der Waals surface area (Å²) in [7, 11) is 0. The molecule has 1 aromatic rings. The maximum Gasteiger partial charge on any atom is 0.188 e. The van der Waals surface area contributed by atoms with Gasteiger partial charge in [-0.3, -0.25) is 5.32 Å². The van der Waals surface area contributed by atoms with Crippen molar-refractivity contribution in [3.05, 3.63) is 17.5 Å². The van der Waals surface area contributed by atoms with Crippen LogP contribution in [0.2, 0.25) is 0 Å². The summed E-state index contributed by atoms with van der Waals surface area (Å²) in [5, 5.41) is 14.5. The molecule has 0 bridgehead atoms. The number of hydrogen-bond acceptors (Lipinski definition) is 5. The Hall–Kier alpha value is -1.12. The summed E-state index contributed by atoms with van der Waals surface area (Å²) in [5.74, 6) is 0. The Bertz CT molecular complexity index is 544. The van der Waals surface area contributed by atoms with Crippen molar-refractivity contribution in [2.75, 3.05) is 0 Å². The number of nitrogens with zero attached hydrogens (tertiary/aromatic N) is 3. The van der Waals surface area contributed by atoms with Gasteiger partial charge in [-0.05, 0) is 58.4 Å². The van der Waals surface area contributed by atoms with Crippen LogP contribution >= 0.6 is 11.8 Å². The molecule has 5 heteroatoms. The first-order valence-electron chi connectivity index (χ1n) is 7.76. The monoisotopic (exact) mass is 302 g/mol. The van der Waals surface area contributed by atoms with E-state index in [0.29, 0.717) is 11.3 Å². The molecule has 1 N–H and O–H groups in total. The molecule has 0 aromatic carbocycles. The van der Waals surface area contributed by atoms with E-state index in [0.717, 1.165) is 42.2 Å². The van der Waals surface area contributed by atoms with Gasteiger partial charge in [0.2, 0.25) is 0 Å². The third-order valence-electron chi connectivity index (χ3n) is 4.21. The Balaban J connectivity index is 1.69. The Kier molecular flexibility index (Phi) is 4.19. The van der Waals surface area contributed by atoms with Crippen LogP contribution in [-0.4, -0.2) is 26.8 Å². The predicted molar refractivity (Wildman–Crippen MR) is 84.1 cm³/mol. The molecule has 0 saturated heterocycles. The average molecular weight is 302 g/mol. The Morgan fingerprint density at radius 3 is 2.62 bits per heavy atom. The largest absolute Gasteiger partial charge is 0.297 e. The molecular weight excluding hydrogens is 280 g/mol. The number of rotatable bonds is 4. The molecule has 1 heterocycles. The highest BCUT2D eigenvalue weighted by atomic mass is 32.2. The summed E-state index contributed by atoms with van der Waals surface area (Å²) in [4.78, 5) is 9.05. The maximum atomic E-state index is 9.64. The molecular formula is C16H22N4S. The van der Waals surface area contributed by atoms with E-state index in [2.05, 4.69) is 21.4 Å². The summed E-state index contributed by atoms with van der Waals surface area (Å²) in [6, 6.07) is 5.14. The zero-order chi connectivity index (χ0) is 14.9. The Labute approximate surface area is 130 Å². The van der Waals surface area contributed by atoms with Gasteiger partial charge < -0.3 is 0 Å². The number of hydrogen-bond donors (Lipinski definition) is 1. The van der Waals surface area contributed by atoms with Crippen molar-refractivity contribution in [1.29, 1.82) is 5.26 Å². The van der Waals surface area contributed by atoms with Crippen LogP contribution < -0.4 is 5.32 Å². The van der Waals surface area contributed by atoms with Gasteiger partial charge in [-0.25, -0.2) is 9.97 Å². The molecule has 2 unspecified atom stereocenters. The highest BCUT2D eigenvalue weighted by Crippen LogP contribution is 2.39. The van der Waals surface area contributed by atoms with Gasteiger partial charge in [0, 0.05) is 22.7 Å². The number of aryl methyl sites for hydroxylation is 2. The van der Waals surface area contributed by atoms with Crippen LogP contribution in [0.1, 0.15) is 49.9 Å². The Morgan fingerprint density at radius 2 is 2.00 bits per heavy atom. The molecule has 0 spiro atoms. The fourth-order valence-electron chi connectivity index (χ4n) is 3.10. The van der Waals surface area contributed by atoms with Crippen molar-refractivity contribution >= 4 is 11.8 Å². The minimum absolute atomic E-state index is 0.323. The quantitative estimate of drug-likeness (QED) is 0.866. The molecule has 2 aliphatic carbocycles. The van der Waals surface area contributed by atoms with E-state index in [1.54, 1.807) is 11.8 Å². The summed E-state index contributed by atoms with van der Waals surface area (Å²) in [6.45, 7) is 4.02. The summed E-state index contributed by atoms with van der Waals surface area (Å²) >= 11 is 1.74. The predicted octanol–water partition coefficient (Wildman–Crippen LogP) is 3.14. The van der Waals surface area contributed by atoms with E-state index >= 15 is 0 Å². The van der Waals surface area contributed by atoms with Crippen LogP contribution in [0.5, 0.6) is 0 Å². The van der Waals surface area contributed by atoms with Gasteiger partial charge >= 0.3 is 0 Å². The third-order valence-corrected chi connectivity index (χ3v) is 5.34. The van der Waals surface area contributed by atoms with Crippen molar-refractivity contribution in [2.24, 2.45) is 0 Å². The van der Waals surface area contributed by atoms with E-state index in [-0.39, 0.29) is 5.54 Å². The molecule has 2 atom stereocenters. The van der Waals surface area contributed by atoms with Crippen molar-refractivity contribution < 1.29 is 0 Å². The van der Waals surface area contributed by atoms with Crippen molar-refractivity contribution in [2.45, 2.75) is 74.4 Å². The summed E-state index contributed by atoms with van der Waals surface area (Å²) in [5.41, 5.74) is 1.71. The van der Waals surface area contributed by atoms with Gasteiger partial charge in [-0.1, -0.05) is 11.8 Å². The van der Waals surface area contributed by atoms with Gasteiger partial charge in [0.05, 0.1) is 6.07 Å². The molecule has 0 amide bonds. The van der Waals surface area contributed by atoms with Gasteiger partial charge in [-0.15, -0.1) is 0 Å². The molecule has 0 radical (unpaired) electrons. The van der Waals surface area contributed by atoms with E-state index in [1.165, 1.54) is 12.8 Å². The lowest BCUT2D eigenvalue weighted by Crippen LogP contribution is -2.49. The van der Waals surface area contributed by atoms with Gasteiger partial charge in [0.1, 0.15) is 5.54 Å². The van der Waals surface area contributed by atoms with Crippen LogP contribution in [0.4, 0.5) is 0 Å². The highest BCUT2D eigenvalue weighted by Gasteiger charge is 2.40. The minimum Gasteiger partial charge on any atom is -0.297 e. The SMILES string of the molecule is Cc1cc(C)nc(SC2CCCC(C#N)(NC3CC3)C2)n1.